The van der Waals surface area contributed by atoms with Crippen molar-refractivity contribution in [2.45, 2.75) is 19.5 Å². The summed E-state index contributed by atoms with van der Waals surface area (Å²) in [6.45, 7) is 4.10. The van der Waals surface area contributed by atoms with Crippen molar-refractivity contribution in [3.05, 3.63) is 112 Å². The Kier molecular flexibility index (Phi) is 8.63. The minimum atomic E-state index is -0.508. The van der Waals surface area contributed by atoms with Gasteiger partial charge in [0.25, 0.3) is 5.56 Å². The van der Waals surface area contributed by atoms with E-state index >= 15 is 0 Å². The first-order valence-electron chi connectivity index (χ1n) is 12.6. The maximum absolute atomic E-state index is 13.5. The van der Waals surface area contributed by atoms with Crippen LogP contribution in [0.1, 0.15) is 16.7 Å². The molecule has 4 rings (SSSR count). The smallest absolute Gasteiger partial charge is 0.294 e. The molecule has 0 fully saturated rings. The number of nitrogens with one attached hydrogen (secondary N) is 3. The van der Waals surface area contributed by atoms with Crippen LogP contribution in [0.4, 0.5) is 11.5 Å². The number of rotatable bonds is 11. The molecule has 39 heavy (non-hydrogen) atoms. The second-order valence-electron chi connectivity index (χ2n) is 9.02. The van der Waals surface area contributed by atoms with Gasteiger partial charge >= 0.3 is 0 Å². The average molecular weight is 525 g/mol. The summed E-state index contributed by atoms with van der Waals surface area (Å²) in [5, 5.41) is 19.8. The SMILES string of the molecule is C=C(N)c1ccc(CNC(=O)Cn2c(-c3cccc(NC)c3)c(O)nc(NCCc3ccccc3)c2=O)cc1. The summed E-state index contributed by atoms with van der Waals surface area (Å²) in [7, 11) is 1.77. The molecule has 4 aromatic rings. The molecule has 0 unspecified atom stereocenters. The maximum atomic E-state index is 13.5. The van der Waals surface area contributed by atoms with Gasteiger partial charge in [-0.3, -0.25) is 14.2 Å². The molecule has 0 aliphatic rings. The highest BCUT2D eigenvalue weighted by atomic mass is 16.3. The van der Waals surface area contributed by atoms with E-state index in [2.05, 4.69) is 27.5 Å². The van der Waals surface area contributed by atoms with Crippen LogP contribution in [0.3, 0.4) is 0 Å². The molecule has 3 aromatic carbocycles. The van der Waals surface area contributed by atoms with Gasteiger partial charge in [0.1, 0.15) is 12.2 Å². The van der Waals surface area contributed by atoms with Crippen molar-refractivity contribution in [1.82, 2.24) is 14.9 Å². The Hall–Kier alpha value is -5.05. The first-order valence-corrected chi connectivity index (χ1v) is 12.6. The predicted molar refractivity (Wildman–Crippen MR) is 155 cm³/mol. The van der Waals surface area contributed by atoms with Crippen LogP contribution in [0.5, 0.6) is 5.88 Å². The highest BCUT2D eigenvalue weighted by Crippen LogP contribution is 2.29. The molecule has 200 valence electrons. The topological polar surface area (TPSA) is 134 Å². The molecule has 1 heterocycles. The molecule has 0 radical (unpaired) electrons. The van der Waals surface area contributed by atoms with Crippen LogP contribution in [-0.4, -0.2) is 34.2 Å². The highest BCUT2D eigenvalue weighted by molar-refractivity contribution is 5.78. The van der Waals surface area contributed by atoms with Crippen molar-refractivity contribution in [3.8, 4) is 17.1 Å². The molecule has 0 aliphatic carbocycles. The fourth-order valence-corrected chi connectivity index (χ4v) is 4.14. The van der Waals surface area contributed by atoms with Gasteiger partial charge in [-0.15, -0.1) is 0 Å². The normalized spacial score (nSPS) is 10.6. The van der Waals surface area contributed by atoms with Crippen LogP contribution < -0.4 is 27.2 Å². The Balaban J connectivity index is 1.59. The molecule has 0 saturated carbocycles. The van der Waals surface area contributed by atoms with Gasteiger partial charge in [0.15, 0.2) is 5.82 Å². The second kappa shape index (κ2) is 12.5. The molecule has 0 saturated heterocycles. The van der Waals surface area contributed by atoms with E-state index in [1.807, 2.05) is 60.7 Å². The molecule has 9 heteroatoms. The van der Waals surface area contributed by atoms with E-state index in [0.717, 1.165) is 22.4 Å². The quantitative estimate of drug-likeness (QED) is 0.203. The summed E-state index contributed by atoms with van der Waals surface area (Å²) in [5.74, 6) is -0.769. The largest absolute Gasteiger partial charge is 0.492 e. The fraction of sp³-hybridized carbons (Fsp3) is 0.167. The minimum Gasteiger partial charge on any atom is -0.492 e. The predicted octanol–water partition coefficient (Wildman–Crippen LogP) is 3.56. The number of nitrogens with zero attached hydrogens (tertiary/aromatic N) is 2. The minimum absolute atomic E-state index is 0.0256. The van der Waals surface area contributed by atoms with Crippen LogP contribution in [-0.2, 0) is 24.3 Å². The van der Waals surface area contributed by atoms with E-state index in [1.54, 1.807) is 25.2 Å². The molecule has 0 aliphatic heterocycles. The van der Waals surface area contributed by atoms with E-state index in [1.165, 1.54) is 4.57 Å². The van der Waals surface area contributed by atoms with Crippen molar-refractivity contribution in [1.29, 1.82) is 0 Å². The molecule has 6 N–H and O–H groups in total. The van der Waals surface area contributed by atoms with Gasteiger partial charge in [-0.25, -0.2) is 0 Å². The fourth-order valence-electron chi connectivity index (χ4n) is 4.14. The van der Waals surface area contributed by atoms with Crippen molar-refractivity contribution in [2.24, 2.45) is 5.73 Å². The lowest BCUT2D eigenvalue weighted by molar-refractivity contribution is -0.121. The number of hydrogen-bond acceptors (Lipinski definition) is 7. The zero-order valence-corrected chi connectivity index (χ0v) is 21.8. The van der Waals surface area contributed by atoms with Crippen molar-refractivity contribution >= 4 is 23.1 Å². The number of anilines is 2. The molecule has 1 aromatic heterocycles. The number of benzene rings is 3. The summed E-state index contributed by atoms with van der Waals surface area (Å²) in [4.78, 5) is 30.7. The lowest BCUT2D eigenvalue weighted by Crippen LogP contribution is -2.34. The highest BCUT2D eigenvalue weighted by Gasteiger charge is 2.20. The van der Waals surface area contributed by atoms with Gasteiger partial charge in [-0.05, 0) is 35.2 Å². The number of amides is 1. The van der Waals surface area contributed by atoms with Gasteiger partial charge in [0.2, 0.25) is 11.8 Å². The van der Waals surface area contributed by atoms with Crippen LogP contribution in [0.25, 0.3) is 17.0 Å². The third kappa shape index (κ3) is 6.84. The van der Waals surface area contributed by atoms with E-state index in [0.29, 0.717) is 24.2 Å². The number of hydrogen-bond donors (Lipinski definition) is 5. The molecular weight excluding hydrogens is 492 g/mol. The number of aromatic nitrogens is 2. The summed E-state index contributed by atoms with van der Waals surface area (Å²) < 4.78 is 1.25. The summed E-state index contributed by atoms with van der Waals surface area (Å²) in [6.07, 6.45) is 0.658. The first-order chi connectivity index (χ1) is 18.9. The number of carbonyl (C=O) groups is 1. The Morgan fingerprint density at radius 2 is 1.77 bits per heavy atom. The molecule has 0 bridgehead atoms. The summed E-state index contributed by atoms with van der Waals surface area (Å²) in [6, 6.07) is 24.3. The Morgan fingerprint density at radius 1 is 1.03 bits per heavy atom. The third-order valence-corrected chi connectivity index (χ3v) is 6.24. The lowest BCUT2D eigenvalue weighted by Gasteiger charge is -2.17. The van der Waals surface area contributed by atoms with Gasteiger partial charge < -0.3 is 26.8 Å². The standard InChI is InChI=1S/C30H32N6O3/c1-20(31)23-13-11-22(12-14-23)18-34-26(37)19-36-27(24-9-6-10-25(17-24)32-2)29(38)35-28(30(36)39)33-16-15-21-7-4-3-5-8-21/h3-14,17,32,38H,1,15-16,18-19,31H2,2H3,(H,33,35)(H,34,37). The van der Waals surface area contributed by atoms with Gasteiger partial charge in [-0.2, -0.15) is 4.98 Å². The monoisotopic (exact) mass is 524 g/mol. The van der Waals surface area contributed by atoms with E-state index < -0.39 is 11.5 Å². The molecule has 0 atom stereocenters. The molecule has 0 spiro atoms. The molecule has 1 amide bonds. The average Bonchev–Trinajstić information content (AvgIpc) is 2.95. The number of nitrogens with two attached hydrogens (primary N) is 1. The second-order valence-corrected chi connectivity index (χ2v) is 9.02. The zero-order chi connectivity index (χ0) is 27.8. The number of aromatic hydroxyl groups is 1. The summed E-state index contributed by atoms with van der Waals surface area (Å²) in [5.41, 5.74) is 9.93. The maximum Gasteiger partial charge on any atom is 0.294 e. The lowest BCUT2D eigenvalue weighted by atomic mass is 10.1. The Morgan fingerprint density at radius 3 is 2.46 bits per heavy atom. The van der Waals surface area contributed by atoms with Gasteiger partial charge in [-0.1, -0.05) is 73.3 Å². The van der Waals surface area contributed by atoms with Crippen LogP contribution in [0.15, 0.2) is 90.2 Å². The molecular formula is C30H32N6O3. The van der Waals surface area contributed by atoms with Crippen LogP contribution in [0.2, 0.25) is 0 Å². The van der Waals surface area contributed by atoms with Crippen LogP contribution >= 0.6 is 0 Å². The van der Waals surface area contributed by atoms with Crippen molar-refractivity contribution < 1.29 is 9.90 Å². The van der Waals surface area contributed by atoms with Gasteiger partial charge in [0, 0.05) is 37.1 Å². The van der Waals surface area contributed by atoms with Crippen molar-refractivity contribution in [3.63, 3.8) is 0 Å². The van der Waals surface area contributed by atoms with Gasteiger partial charge in [0.05, 0.1) is 0 Å². The van der Waals surface area contributed by atoms with Crippen molar-refractivity contribution in [2.75, 3.05) is 24.2 Å². The third-order valence-electron chi connectivity index (χ3n) is 6.24. The van der Waals surface area contributed by atoms with E-state index in [4.69, 9.17) is 5.73 Å². The Bertz CT molecular complexity index is 1510. The zero-order valence-electron chi connectivity index (χ0n) is 21.8. The number of carbonyl (C=O) groups excluding carboxylic acids is 1. The van der Waals surface area contributed by atoms with E-state index in [-0.39, 0.29) is 30.5 Å². The summed E-state index contributed by atoms with van der Waals surface area (Å²) >= 11 is 0. The van der Waals surface area contributed by atoms with Crippen LogP contribution in [0, 0.1) is 0 Å². The van der Waals surface area contributed by atoms with E-state index in [9.17, 15) is 14.7 Å². The first kappa shape index (κ1) is 27.0. The molecule has 9 nitrogen and oxygen atoms in total. The Labute approximate surface area is 227 Å².